The number of unbranched alkanes of at least 4 members (excludes halogenated alkanes) is 2. The van der Waals surface area contributed by atoms with E-state index >= 15 is 0 Å². The van der Waals surface area contributed by atoms with Crippen molar-refractivity contribution < 1.29 is 29.6 Å². The molecule has 0 aliphatic heterocycles. The molecule has 0 unspecified atom stereocenters. The van der Waals surface area contributed by atoms with Crippen molar-refractivity contribution >= 4 is 11.8 Å². The van der Waals surface area contributed by atoms with Gasteiger partial charge in [-0.3, -0.25) is 4.79 Å². The lowest BCUT2D eigenvalue weighted by Crippen LogP contribution is -2.14. The summed E-state index contributed by atoms with van der Waals surface area (Å²) in [6.45, 7) is 2.24. The molecule has 3 aromatic rings. The van der Waals surface area contributed by atoms with Gasteiger partial charge in [-0.1, -0.05) is 44.7 Å². The predicted octanol–water partition coefficient (Wildman–Crippen LogP) is 7.11. The van der Waals surface area contributed by atoms with E-state index < -0.39 is 17.5 Å². The Balaban J connectivity index is 1.35. The Kier molecular flexibility index (Phi) is 8.49. The zero-order valence-corrected chi connectivity index (χ0v) is 21.2. The molecule has 0 bridgehead atoms. The van der Waals surface area contributed by atoms with Gasteiger partial charge in [0.05, 0.1) is 16.7 Å². The lowest BCUT2D eigenvalue weighted by Gasteiger charge is -2.29. The molecule has 1 saturated carbocycles. The summed E-state index contributed by atoms with van der Waals surface area (Å²) in [4.78, 5) is 25.4. The van der Waals surface area contributed by atoms with Gasteiger partial charge in [0, 0.05) is 12.1 Å². The predicted molar refractivity (Wildman–Crippen MR) is 142 cm³/mol. The molecule has 1 aliphatic rings. The highest BCUT2D eigenvalue weighted by molar-refractivity contribution is 6.12. The normalized spacial score (nSPS) is 17.3. The fourth-order valence-electron chi connectivity index (χ4n) is 5.15. The van der Waals surface area contributed by atoms with Crippen LogP contribution in [-0.4, -0.2) is 27.1 Å². The van der Waals surface area contributed by atoms with E-state index in [1.54, 1.807) is 12.1 Å². The standard InChI is InChI=1S/C31H34O6/c1-2-3-4-5-20-6-8-21(9-7-20)22-10-12-23(13-11-22)31(36)37-25-15-17-27(29(34)19-25)30(35)26-16-14-24(32)18-28(26)33/h10-21,32-34H,2-9H2,1H3. The Morgan fingerprint density at radius 2 is 1.46 bits per heavy atom. The number of rotatable bonds is 9. The SMILES string of the molecule is CCCCCC1CCC(c2ccc(C(=O)Oc3ccc(C(=O)c4ccc(O)cc4O)c(O)c3)cc2)CC1. The van der Waals surface area contributed by atoms with Crippen LogP contribution in [0.2, 0.25) is 0 Å². The minimum Gasteiger partial charge on any atom is -0.508 e. The van der Waals surface area contributed by atoms with Crippen LogP contribution in [0.5, 0.6) is 23.0 Å². The third-order valence-corrected chi connectivity index (χ3v) is 7.33. The molecule has 37 heavy (non-hydrogen) atoms. The molecule has 0 radical (unpaired) electrons. The van der Waals surface area contributed by atoms with Crippen LogP contribution < -0.4 is 4.74 Å². The van der Waals surface area contributed by atoms with Gasteiger partial charge in [0.25, 0.3) is 0 Å². The van der Waals surface area contributed by atoms with Crippen molar-refractivity contribution in [3.63, 3.8) is 0 Å². The van der Waals surface area contributed by atoms with E-state index in [0.29, 0.717) is 11.5 Å². The van der Waals surface area contributed by atoms with Crippen LogP contribution in [0.25, 0.3) is 0 Å². The van der Waals surface area contributed by atoms with Crippen LogP contribution >= 0.6 is 0 Å². The van der Waals surface area contributed by atoms with Gasteiger partial charge in [-0.15, -0.1) is 0 Å². The van der Waals surface area contributed by atoms with Crippen LogP contribution in [-0.2, 0) is 0 Å². The molecule has 0 heterocycles. The number of phenols is 3. The topological polar surface area (TPSA) is 104 Å². The van der Waals surface area contributed by atoms with Gasteiger partial charge in [-0.05, 0) is 79.5 Å². The molecule has 1 aliphatic carbocycles. The third-order valence-electron chi connectivity index (χ3n) is 7.33. The summed E-state index contributed by atoms with van der Waals surface area (Å²) in [6.07, 6.45) is 10.2. The van der Waals surface area contributed by atoms with E-state index in [9.17, 15) is 24.9 Å². The van der Waals surface area contributed by atoms with Crippen molar-refractivity contribution in [1.29, 1.82) is 0 Å². The van der Waals surface area contributed by atoms with Gasteiger partial charge in [0.1, 0.15) is 23.0 Å². The largest absolute Gasteiger partial charge is 0.508 e. The monoisotopic (exact) mass is 502 g/mol. The van der Waals surface area contributed by atoms with Gasteiger partial charge in [-0.2, -0.15) is 0 Å². The maximum atomic E-state index is 12.7. The maximum absolute atomic E-state index is 12.7. The Morgan fingerprint density at radius 1 is 0.811 bits per heavy atom. The first-order chi connectivity index (χ1) is 17.9. The van der Waals surface area contributed by atoms with Crippen LogP contribution in [0, 0.1) is 5.92 Å². The molecule has 0 atom stereocenters. The van der Waals surface area contributed by atoms with E-state index in [4.69, 9.17) is 4.74 Å². The number of phenolic OH excluding ortho intramolecular Hbond substituents is 3. The summed E-state index contributed by atoms with van der Waals surface area (Å²) in [6, 6.07) is 15.1. The van der Waals surface area contributed by atoms with Crippen molar-refractivity contribution in [2.45, 2.75) is 64.2 Å². The first kappa shape index (κ1) is 26.3. The minimum atomic E-state index is -0.626. The van der Waals surface area contributed by atoms with Gasteiger partial charge in [0.15, 0.2) is 5.78 Å². The highest BCUT2D eigenvalue weighted by Crippen LogP contribution is 2.38. The second-order valence-corrected chi connectivity index (χ2v) is 9.93. The van der Waals surface area contributed by atoms with Gasteiger partial charge in [-0.25, -0.2) is 4.79 Å². The highest BCUT2D eigenvalue weighted by atomic mass is 16.5. The molecule has 4 rings (SSSR count). The first-order valence-corrected chi connectivity index (χ1v) is 13.1. The average molecular weight is 503 g/mol. The molecule has 3 aromatic carbocycles. The summed E-state index contributed by atoms with van der Waals surface area (Å²) in [5.74, 6) is -0.672. The van der Waals surface area contributed by atoms with Crippen molar-refractivity contribution in [3.05, 3.63) is 82.9 Å². The van der Waals surface area contributed by atoms with Crippen molar-refractivity contribution in [2.75, 3.05) is 0 Å². The van der Waals surface area contributed by atoms with E-state index in [0.717, 1.165) is 12.0 Å². The fourth-order valence-corrected chi connectivity index (χ4v) is 5.15. The van der Waals surface area contributed by atoms with Crippen molar-refractivity contribution in [3.8, 4) is 23.0 Å². The van der Waals surface area contributed by atoms with Crippen LogP contribution in [0.3, 0.4) is 0 Å². The number of hydrogen-bond donors (Lipinski definition) is 3. The number of ether oxygens (including phenoxy) is 1. The maximum Gasteiger partial charge on any atom is 0.343 e. The third kappa shape index (κ3) is 6.50. The average Bonchev–Trinajstić information content (AvgIpc) is 2.89. The van der Waals surface area contributed by atoms with Gasteiger partial charge < -0.3 is 20.1 Å². The number of hydrogen-bond acceptors (Lipinski definition) is 6. The van der Waals surface area contributed by atoms with E-state index in [1.807, 2.05) is 12.1 Å². The smallest absolute Gasteiger partial charge is 0.343 e. The van der Waals surface area contributed by atoms with Gasteiger partial charge >= 0.3 is 5.97 Å². The summed E-state index contributed by atoms with van der Waals surface area (Å²) < 4.78 is 5.41. The summed E-state index contributed by atoms with van der Waals surface area (Å²) in [5.41, 5.74) is 1.53. The van der Waals surface area contributed by atoms with Crippen molar-refractivity contribution in [1.82, 2.24) is 0 Å². The summed E-state index contributed by atoms with van der Waals surface area (Å²) >= 11 is 0. The molecular formula is C31H34O6. The molecular weight excluding hydrogens is 468 g/mol. The molecule has 0 amide bonds. The lowest BCUT2D eigenvalue weighted by atomic mass is 9.77. The molecule has 194 valence electrons. The highest BCUT2D eigenvalue weighted by Gasteiger charge is 2.23. The molecule has 0 saturated heterocycles. The fraction of sp³-hybridized carbons (Fsp3) is 0.355. The van der Waals surface area contributed by atoms with Crippen LogP contribution in [0.4, 0.5) is 0 Å². The number of benzene rings is 3. The number of aromatic hydroxyl groups is 3. The number of carbonyl (C=O) groups is 2. The number of carbonyl (C=O) groups excluding carboxylic acids is 2. The number of esters is 1. The molecule has 0 spiro atoms. The Morgan fingerprint density at radius 3 is 2.08 bits per heavy atom. The molecule has 3 N–H and O–H groups in total. The Bertz CT molecular complexity index is 1240. The summed E-state index contributed by atoms with van der Waals surface area (Å²) in [7, 11) is 0. The Hall–Kier alpha value is -3.80. The van der Waals surface area contributed by atoms with Crippen molar-refractivity contribution in [2.24, 2.45) is 5.92 Å². The minimum absolute atomic E-state index is 0.0646. The molecule has 0 aromatic heterocycles. The summed E-state index contributed by atoms with van der Waals surface area (Å²) in [5, 5.41) is 29.7. The first-order valence-electron chi connectivity index (χ1n) is 13.1. The molecule has 6 heteroatoms. The second-order valence-electron chi connectivity index (χ2n) is 9.93. The second kappa shape index (κ2) is 12.0. The zero-order chi connectivity index (χ0) is 26.4. The molecule has 1 fully saturated rings. The quantitative estimate of drug-likeness (QED) is 0.125. The van der Waals surface area contributed by atoms with Gasteiger partial charge in [0.2, 0.25) is 0 Å². The zero-order valence-electron chi connectivity index (χ0n) is 21.2. The van der Waals surface area contributed by atoms with E-state index in [-0.39, 0.29) is 28.4 Å². The van der Waals surface area contributed by atoms with Crippen LogP contribution in [0.1, 0.15) is 96.1 Å². The Labute approximate surface area is 217 Å². The van der Waals surface area contributed by atoms with E-state index in [1.165, 1.54) is 87.3 Å². The number of ketones is 1. The van der Waals surface area contributed by atoms with E-state index in [2.05, 4.69) is 6.92 Å². The van der Waals surface area contributed by atoms with Crippen LogP contribution in [0.15, 0.2) is 60.7 Å². The lowest BCUT2D eigenvalue weighted by molar-refractivity contribution is 0.0734. The molecule has 6 nitrogen and oxygen atoms in total.